The molecule has 4 nitrogen and oxygen atoms in total. The average Bonchev–Trinajstić information content (AvgIpc) is 2.73. The van der Waals surface area contributed by atoms with E-state index in [1.54, 1.807) is 6.07 Å². The largest absolute Gasteiger partial charge is 0.335 e. The second-order valence-corrected chi connectivity index (χ2v) is 4.20. The zero-order valence-electron chi connectivity index (χ0n) is 10.3. The Kier molecular flexibility index (Phi) is 3.24. The van der Waals surface area contributed by atoms with E-state index in [0.29, 0.717) is 5.69 Å². The number of hydrogen-bond donors (Lipinski definition) is 0. The van der Waals surface area contributed by atoms with Gasteiger partial charge in [0.2, 0.25) is 0 Å². The van der Waals surface area contributed by atoms with E-state index in [9.17, 15) is 4.91 Å². The Hall–Kier alpha value is -2.41. The van der Waals surface area contributed by atoms with E-state index in [1.807, 2.05) is 42.8 Å². The van der Waals surface area contributed by atoms with Gasteiger partial charge in [0.1, 0.15) is 18.3 Å². The van der Waals surface area contributed by atoms with Crippen LogP contribution in [0.5, 0.6) is 0 Å². The fourth-order valence-corrected chi connectivity index (χ4v) is 2.02. The van der Waals surface area contributed by atoms with Gasteiger partial charge in [-0.15, -0.1) is 0 Å². The van der Waals surface area contributed by atoms with E-state index in [2.05, 4.69) is 11.2 Å². The van der Waals surface area contributed by atoms with Gasteiger partial charge < -0.3 is 4.57 Å². The lowest BCUT2D eigenvalue weighted by Crippen LogP contribution is -1.95. The molecule has 90 valence electrons. The van der Waals surface area contributed by atoms with Gasteiger partial charge in [0.05, 0.1) is 0 Å². The van der Waals surface area contributed by atoms with Crippen molar-refractivity contribution in [3.8, 4) is 17.3 Å². The molecule has 18 heavy (non-hydrogen) atoms. The minimum Gasteiger partial charge on any atom is -0.335 e. The van der Waals surface area contributed by atoms with Gasteiger partial charge in [0, 0.05) is 12.7 Å². The van der Waals surface area contributed by atoms with Gasteiger partial charge in [-0.25, -0.2) is 0 Å². The summed E-state index contributed by atoms with van der Waals surface area (Å²) in [5.41, 5.74) is 4.61. The van der Waals surface area contributed by atoms with Gasteiger partial charge >= 0.3 is 0 Å². The number of nitriles is 1. The van der Waals surface area contributed by atoms with Crippen LogP contribution in [0.1, 0.15) is 16.8 Å². The number of rotatable bonds is 3. The number of aryl methyl sites for hydroxylation is 1. The smallest absolute Gasteiger partial charge is 0.120 e. The van der Waals surface area contributed by atoms with Crippen LogP contribution in [0.15, 0.2) is 35.5 Å². The molecule has 0 amide bonds. The predicted octanol–water partition coefficient (Wildman–Crippen LogP) is 3.14. The quantitative estimate of drug-likeness (QED) is 0.772. The zero-order chi connectivity index (χ0) is 13.1. The summed E-state index contributed by atoms with van der Waals surface area (Å²) in [4.78, 5) is 10.3. The van der Waals surface area contributed by atoms with Crippen LogP contribution in [0.2, 0.25) is 0 Å². The van der Waals surface area contributed by atoms with Crippen molar-refractivity contribution >= 4 is 0 Å². The fraction of sp³-hybridized carbons (Fsp3) is 0.214. The van der Waals surface area contributed by atoms with E-state index < -0.39 is 0 Å². The lowest BCUT2D eigenvalue weighted by molar-refractivity contribution is 0.916. The third-order valence-electron chi connectivity index (χ3n) is 3.11. The van der Waals surface area contributed by atoms with Crippen LogP contribution < -0.4 is 0 Å². The number of aromatic nitrogens is 1. The summed E-state index contributed by atoms with van der Waals surface area (Å²) in [5, 5.41) is 11.8. The number of hydrogen-bond acceptors (Lipinski definition) is 3. The van der Waals surface area contributed by atoms with Gasteiger partial charge in [-0.05, 0) is 41.8 Å². The van der Waals surface area contributed by atoms with Crippen molar-refractivity contribution < 1.29 is 0 Å². The first-order valence-electron chi connectivity index (χ1n) is 5.62. The molecule has 0 bridgehead atoms. The van der Waals surface area contributed by atoms with Crippen LogP contribution in [-0.2, 0) is 13.6 Å². The maximum atomic E-state index is 10.3. The second kappa shape index (κ2) is 4.84. The molecule has 4 heteroatoms. The molecule has 1 heterocycles. The Morgan fingerprint density at radius 2 is 2.11 bits per heavy atom. The Bertz CT molecular complexity index is 635. The number of nitroso groups, excluding NO2 is 1. The molecule has 0 N–H and O–H groups in total. The average molecular weight is 239 g/mol. The minimum absolute atomic E-state index is 0.197. The van der Waals surface area contributed by atoms with Crippen molar-refractivity contribution in [3.05, 3.63) is 52.1 Å². The summed E-state index contributed by atoms with van der Waals surface area (Å²) in [5.74, 6) is 0. The third-order valence-corrected chi connectivity index (χ3v) is 3.11. The van der Waals surface area contributed by atoms with Crippen LogP contribution in [0.4, 0.5) is 0 Å². The molecule has 0 aliphatic heterocycles. The van der Waals surface area contributed by atoms with Crippen LogP contribution >= 0.6 is 0 Å². The zero-order valence-corrected chi connectivity index (χ0v) is 10.3. The van der Waals surface area contributed by atoms with Crippen LogP contribution in [0.25, 0.3) is 11.3 Å². The monoisotopic (exact) mass is 239 g/mol. The first-order chi connectivity index (χ1) is 8.67. The molecular formula is C14H13N3O. The second-order valence-electron chi connectivity index (χ2n) is 4.20. The van der Waals surface area contributed by atoms with E-state index in [4.69, 9.17) is 5.26 Å². The van der Waals surface area contributed by atoms with Gasteiger partial charge in [-0.1, -0.05) is 17.3 Å². The molecule has 0 radical (unpaired) electrons. The normalized spacial score (nSPS) is 10.1. The van der Waals surface area contributed by atoms with Crippen molar-refractivity contribution in [1.82, 2.24) is 4.57 Å². The summed E-state index contributed by atoms with van der Waals surface area (Å²) in [6.07, 6.45) is 0. The minimum atomic E-state index is 0.197. The van der Waals surface area contributed by atoms with E-state index in [-0.39, 0.29) is 6.54 Å². The molecule has 0 atom stereocenters. The highest BCUT2D eigenvalue weighted by molar-refractivity contribution is 5.63. The summed E-state index contributed by atoms with van der Waals surface area (Å²) in [6.45, 7) is 2.15. The number of nitrogens with zero attached hydrogens (tertiary/aromatic N) is 3. The number of benzene rings is 1. The molecule has 2 rings (SSSR count). The van der Waals surface area contributed by atoms with Crippen molar-refractivity contribution in [2.75, 3.05) is 0 Å². The summed E-state index contributed by atoms with van der Waals surface area (Å²) < 4.78 is 1.85. The Balaban J connectivity index is 2.46. The Morgan fingerprint density at radius 3 is 2.67 bits per heavy atom. The lowest BCUT2D eigenvalue weighted by atomic mass is 10.0. The maximum Gasteiger partial charge on any atom is 0.120 e. The molecule has 2 aromatic rings. The highest BCUT2D eigenvalue weighted by Crippen LogP contribution is 2.24. The summed E-state index contributed by atoms with van der Waals surface area (Å²) in [7, 11) is 1.87. The van der Waals surface area contributed by atoms with Crippen molar-refractivity contribution in [1.29, 1.82) is 5.26 Å². The van der Waals surface area contributed by atoms with Crippen LogP contribution in [-0.4, -0.2) is 4.57 Å². The molecule has 0 aliphatic carbocycles. The lowest BCUT2D eigenvalue weighted by Gasteiger charge is -2.08. The molecule has 0 unspecified atom stereocenters. The standard InChI is InChI=1S/C14H13N3O/c1-10-7-11(3-4-12(10)9-16-18)14-6-5-13(8-15)17(14)2/h3-7H,9H2,1-2H3. The first kappa shape index (κ1) is 12.1. The van der Waals surface area contributed by atoms with Crippen molar-refractivity contribution in [2.45, 2.75) is 13.5 Å². The molecule has 1 aromatic heterocycles. The topological polar surface area (TPSA) is 58.1 Å². The van der Waals surface area contributed by atoms with Crippen LogP contribution in [0, 0.1) is 23.2 Å². The highest BCUT2D eigenvalue weighted by Gasteiger charge is 2.08. The van der Waals surface area contributed by atoms with Crippen LogP contribution in [0.3, 0.4) is 0 Å². The van der Waals surface area contributed by atoms with Crippen molar-refractivity contribution in [2.24, 2.45) is 12.2 Å². The SMILES string of the molecule is Cc1cc(-c2ccc(C#N)n2C)ccc1CN=O. The van der Waals surface area contributed by atoms with Gasteiger partial charge in [-0.3, -0.25) is 0 Å². The predicted molar refractivity (Wildman–Crippen MR) is 69.8 cm³/mol. The fourth-order valence-electron chi connectivity index (χ4n) is 2.02. The molecule has 0 spiro atoms. The molecule has 0 fully saturated rings. The summed E-state index contributed by atoms with van der Waals surface area (Å²) >= 11 is 0. The van der Waals surface area contributed by atoms with E-state index in [0.717, 1.165) is 22.4 Å². The molecule has 0 aliphatic rings. The maximum absolute atomic E-state index is 10.3. The van der Waals surface area contributed by atoms with Gasteiger partial charge in [-0.2, -0.15) is 10.2 Å². The third kappa shape index (κ3) is 2.03. The van der Waals surface area contributed by atoms with Crippen molar-refractivity contribution in [3.63, 3.8) is 0 Å². The van der Waals surface area contributed by atoms with Gasteiger partial charge in [0.15, 0.2) is 0 Å². The van der Waals surface area contributed by atoms with Gasteiger partial charge in [0.25, 0.3) is 0 Å². The first-order valence-corrected chi connectivity index (χ1v) is 5.62. The molecule has 1 aromatic carbocycles. The Labute approximate surface area is 105 Å². The van der Waals surface area contributed by atoms with E-state index in [1.165, 1.54) is 0 Å². The summed E-state index contributed by atoms with van der Waals surface area (Å²) in [6, 6.07) is 11.7. The molecule has 0 saturated carbocycles. The Morgan fingerprint density at radius 1 is 1.33 bits per heavy atom. The molecule has 0 saturated heterocycles. The molecular weight excluding hydrogens is 226 g/mol. The highest BCUT2D eigenvalue weighted by atomic mass is 16.3. The van der Waals surface area contributed by atoms with E-state index >= 15 is 0 Å².